The van der Waals surface area contributed by atoms with Crippen LogP contribution in [-0.4, -0.2) is 6.54 Å². The molecule has 0 heterocycles. The number of hydrogen-bond donors (Lipinski definition) is 1. The second-order valence-corrected chi connectivity index (χ2v) is 5.54. The second-order valence-electron chi connectivity index (χ2n) is 5.54. The molecule has 2 aromatic rings. The van der Waals surface area contributed by atoms with Crippen LogP contribution in [0.1, 0.15) is 35.6 Å². The van der Waals surface area contributed by atoms with Crippen molar-refractivity contribution in [1.82, 2.24) is 5.32 Å². The van der Waals surface area contributed by atoms with E-state index in [-0.39, 0.29) is 0 Å². The molecule has 2 rings (SSSR count). The summed E-state index contributed by atoms with van der Waals surface area (Å²) in [5, 5.41) is 3.40. The quantitative estimate of drug-likeness (QED) is 0.761. The van der Waals surface area contributed by atoms with Gasteiger partial charge in [-0.05, 0) is 55.6 Å². The van der Waals surface area contributed by atoms with E-state index >= 15 is 0 Å². The summed E-state index contributed by atoms with van der Waals surface area (Å²) < 4.78 is 5.89. The lowest BCUT2D eigenvalue weighted by Gasteiger charge is -2.10. The molecule has 1 N–H and O–H groups in total. The Morgan fingerprint density at radius 1 is 1.00 bits per heavy atom. The Balaban J connectivity index is 1.90. The van der Waals surface area contributed by atoms with Gasteiger partial charge in [0.15, 0.2) is 0 Å². The van der Waals surface area contributed by atoms with Crippen molar-refractivity contribution < 1.29 is 4.74 Å². The fraction of sp³-hybridized carbons (Fsp3) is 0.368. The number of ether oxygens (including phenoxy) is 1. The van der Waals surface area contributed by atoms with Crippen molar-refractivity contribution >= 4 is 0 Å². The zero-order chi connectivity index (χ0) is 15.1. The van der Waals surface area contributed by atoms with Gasteiger partial charge < -0.3 is 10.1 Å². The molecular formula is C19H25NO. The van der Waals surface area contributed by atoms with Crippen molar-refractivity contribution in [3.05, 3.63) is 64.7 Å². The molecule has 0 bridgehead atoms. The summed E-state index contributed by atoms with van der Waals surface area (Å²) in [6.45, 7) is 9.02. The van der Waals surface area contributed by atoms with Crippen molar-refractivity contribution in [2.75, 3.05) is 6.54 Å². The van der Waals surface area contributed by atoms with E-state index in [1.54, 1.807) is 0 Å². The van der Waals surface area contributed by atoms with Gasteiger partial charge in [-0.1, -0.05) is 42.8 Å². The maximum absolute atomic E-state index is 5.89. The van der Waals surface area contributed by atoms with Crippen LogP contribution in [0.4, 0.5) is 0 Å². The van der Waals surface area contributed by atoms with E-state index in [4.69, 9.17) is 4.74 Å². The van der Waals surface area contributed by atoms with Crippen LogP contribution < -0.4 is 10.1 Å². The van der Waals surface area contributed by atoms with Gasteiger partial charge in [-0.15, -0.1) is 0 Å². The van der Waals surface area contributed by atoms with Crippen LogP contribution in [0, 0.1) is 13.8 Å². The largest absolute Gasteiger partial charge is 0.489 e. The van der Waals surface area contributed by atoms with E-state index in [1.807, 2.05) is 12.1 Å². The molecule has 0 radical (unpaired) electrons. The normalized spacial score (nSPS) is 10.6. The fourth-order valence-electron chi connectivity index (χ4n) is 2.23. The molecule has 0 spiro atoms. The highest BCUT2D eigenvalue weighted by Crippen LogP contribution is 2.17. The molecule has 2 heteroatoms. The van der Waals surface area contributed by atoms with Gasteiger partial charge in [0.25, 0.3) is 0 Å². The molecular weight excluding hydrogens is 258 g/mol. The molecule has 0 saturated heterocycles. The van der Waals surface area contributed by atoms with E-state index < -0.39 is 0 Å². The van der Waals surface area contributed by atoms with Gasteiger partial charge in [0.05, 0.1) is 0 Å². The predicted molar refractivity (Wildman–Crippen MR) is 88.7 cm³/mol. The van der Waals surface area contributed by atoms with Gasteiger partial charge >= 0.3 is 0 Å². The zero-order valence-electron chi connectivity index (χ0n) is 13.3. The Morgan fingerprint density at radius 3 is 2.48 bits per heavy atom. The maximum Gasteiger partial charge on any atom is 0.119 e. The first-order valence-electron chi connectivity index (χ1n) is 7.67. The van der Waals surface area contributed by atoms with Gasteiger partial charge in [-0.3, -0.25) is 0 Å². The highest BCUT2D eigenvalue weighted by Gasteiger charge is 2.01. The van der Waals surface area contributed by atoms with Gasteiger partial charge in [0, 0.05) is 6.54 Å². The van der Waals surface area contributed by atoms with Crippen LogP contribution in [0.5, 0.6) is 5.75 Å². The lowest BCUT2D eigenvalue weighted by Crippen LogP contribution is -2.13. The molecule has 0 saturated carbocycles. The Bertz CT molecular complexity index is 560. The highest BCUT2D eigenvalue weighted by atomic mass is 16.5. The Morgan fingerprint density at radius 2 is 1.76 bits per heavy atom. The van der Waals surface area contributed by atoms with E-state index in [0.717, 1.165) is 25.3 Å². The first-order chi connectivity index (χ1) is 10.2. The van der Waals surface area contributed by atoms with Crippen molar-refractivity contribution in [1.29, 1.82) is 0 Å². The lowest BCUT2D eigenvalue weighted by atomic mass is 10.1. The summed E-state index contributed by atoms with van der Waals surface area (Å²) in [4.78, 5) is 0. The monoisotopic (exact) mass is 283 g/mol. The smallest absolute Gasteiger partial charge is 0.119 e. The molecule has 0 amide bonds. The fourth-order valence-corrected chi connectivity index (χ4v) is 2.23. The summed E-state index contributed by atoms with van der Waals surface area (Å²) >= 11 is 0. The summed E-state index contributed by atoms with van der Waals surface area (Å²) in [6.07, 6.45) is 1.16. The van der Waals surface area contributed by atoms with Gasteiger partial charge in [-0.25, -0.2) is 0 Å². The van der Waals surface area contributed by atoms with Crippen molar-refractivity contribution in [3.8, 4) is 5.75 Å². The minimum absolute atomic E-state index is 0.626. The van der Waals surface area contributed by atoms with Crippen molar-refractivity contribution in [3.63, 3.8) is 0 Å². The molecule has 0 aliphatic carbocycles. The molecule has 0 aromatic heterocycles. The Hall–Kier alpha value is -1.80. The number of aryl methyl sites for hydroxylation is 2. The number of rotatable bonds is 7. The van der Waals surface area contributed by atoms with Crippen molar-refractivity contribution in [2.24, 2.45) is 0 Å². The summed E-state index contributed by atoms with van der Waals surface area (Å²) in [5.74, 6) is 0.926. The number of benzene rings is 2. The molecule has 2 nitrogen and oxygen atoms in total. The SMILES string of the molecule is CCCNCc1ccc(OCc2cc(C)ccc2C)cc1. The van der Waals surface area contributed by atoms with Crippen LogP contribution in [0.3, 0.4) is 0 Å². The van der Waals surface area contributed by atoms with Crippen molar-refractivity contribution in [2.45, 2.75) is 40.3 Å². The average Bonchev–Trinajstić information content (AvgIpc) is 2.50. The lowest BCUT2D eigenvalue weighted by molar-refractivity contribution is 0.305. The first kappa shape index (κ1) is 15.6. The highest BCUT2D eigenvalue weighted by molar-refractivity contribution is 5.31. The topological polar surface area (TPSA) is 21.3 Å². The van der Waals surface area contributed by atoms with Gasteiger partial charge in [0.2, 0.25) is 0 Å². The third-order valence-electron chi connectivity index (χ3n) is 3.58. The number of nitrogens with one attached hydrogen (secondary N) is 1. The third kappa shape index (κ3) is 4.91. The second kappa shape index (κ2) is 7.84. The number of hydrogen-bond acceptors (Lipinski definition) is 2. The van der Waals surface area contributed by atoms with E-state index in [1.165, 1.54) is 22.3 Å². The minimum atomic E-state index is 0.626. The van der Waals surface area contributed by atoms with E-state index in [9.17, 15) is 0 Å². The maximum atomic E-state index is 5.89. The molecule has 0 atom stereocenters. The first-order valence-corrected chi connectivity index (χ1v) is 7.67. The van der Waals surface area contributed by atoms with Gasteiger partial charge in [-0.2, -0.15) is 0 Å². The third-order valence-corrected chi connectivity index (χ3v) is 3.58. The molecule has 21 heavy (non-hydrogen) atoms. The molecule has 0 fully saturated rings. The minimum Gasteiger partial charge on any atom is -0.489 e. The van der Waals surface area contributed by atoms with Crippen LogP contribution in [-0.2, 0) is 13.2 Å². The Labute approximate surface area is 128 Å². The molecule has 0 unspecified atom stereocenters. The van der Waals surface area contributed by atoms with Gasteiger partial charge in [0.1, 0.15) is 12.4 Å². The summed E-state index contributed by atoms with van der Waals surface area (Å²) in [5.41, 5.74) is 5.10. The van der Waals surface area contributed by atoms with Crippen LogP contribution in [0.25, 0.3) is 0 Å². The molecule has 0 aliphatic heterocycles. The molecule has 112 valence electrons. The van der Waals surface area contributed by atoms with Crippen LogP contribution >= 0.6 is 0 Å². The zero-order valence-corrected chi connectivity index (χ0v) is 13.3. The average molecular weight is 283 g/mol. The van der Waals surface area contributed by atoms with Crippen LogP contribution in [0.2, 0.25) is 0 Å². The predicted octanol–water partition coefficient (Wildman–Crippen LogP) is 4.38. The summed E-state index contributed by atoms with van der Waals surface area (Å²) in [6, 6.07) is 14.8. The Kier molecular flexibility index (Phi) is 5.82. The van der Waals surface area contributed by atoms with E-state index in [2.05, 4.69) is 56.4 Å². The van der Waals surface area contributed by atoms with E-state index in [0.29, 0.717) is 6.61 Å². The summed E-state index contributed by atoms with van der Waals surface area (Å²) in [7, 11) is 0. The molecule has 0 aliphatic rings. The van der Waals surface area contributed by atoms with Crippen LogP contribution in [0.15, 0.2) is 42.5 Å². The standard InChI is InChI=1S/C19H25NO/c1-4-11-20-13-17-7-9-19(10-8-17)21-14-18-12-15(2)5-6-16(18)3/h5-10,12,20H,4,11,13-14H2,1-3H3. The molecule has 2 aromatic carbocycles.